The topological polar surface area (TPSA) is 72.2 Å². The van der Waals surface area contributed by atoms with Gasteiger partial charge in [0.1, 0.15) is 0 Å². The van der Waals surface area contributed by atoms with E-state index in [1.165, 1.54) is 6.07 Å². The summed E-state index contributed by atoms with van der Waals surface area (Å²) in [7, 11) is -3.57. The minimum atomic E-state index is -3.57. The van der Waals surface area contributed by atoms with E-state index in [4.69, 9.17) is 5.73 Å². The number of anilines is 1. The first-order valence-electron chi connectivity index (χ1n) is 6.71. The molecule has 0 aliphatic heterocycles. The lowest BCUT2D eigenvalue weighted by Crippen LogP contribution is -2.24. The van der Waals surface area contributed by atoms with Gasteiger partial charge in [-0.1, -0.05) is 29.8 Å². The first-order valence-corrected chi connectivity index (χ1v) is 8.20. The van der Waals surface area contributed by atoms with Crippen LogP contribution in [0.4, 0.5) is 5.69 Å². The lowest BCUT2D eigenvalue weighted by Gasteiger charge is -2.12. The number of sulfonamides is 1. The molecule has 0 aromatic heterocycles. The summed E-state index contributed by atoms with van der Waals surface area (Å²) in [5.41, 5.74) is 9.86. The molecule has 0 aliphatic carbocycles. The number of hydrogen-bond donors (Lipinski definition) is 2. The van der Waals surface area contributed by atoms with E-state index in [1.807, 2.05) is 38.1 Å². The maximum atomic E-state index is 12.4. The zero-order valence-corrected chi connectivity index (χ0v) is 13.3. The van der Waals surface area contributed by atoms with E-state index in [9.17, 15) is 8.42 Å². The zero-order chi connectivity index (χ0) is 15.6. The summed E-state index contributed by atoms with van der Waals surface area (Å²) >= 11 is 0. The quantitative estimate of drug-likeness (QED) is 0.853. The van der Waals surface area contributed by atoms with Gasteiger partial charge in [0.05, 0.1) is 4.90 Å². The van der Waals surface area contributed by atoms with E-state index >= 15 is 0 Å². The molecule has 112 valence electrons. The molecule has 0 fully saturated rings. The van der Waals surface area contributed by atoms with Gasteiger partial charge < -0.3 is 5.73 Å². The molecule has 0 unspecified atom stereocenters. The highest BCUT2D eigenvalue weighted by molar-refractivity contribution is 7.89. The largest absolute Gasteiger partial charge is 0.399 e. The highest BCUT2D eigenvalue weighted by atomic mass is 32.2. The minimum absolute atomic E-state index is 0.243. The smallest absolute Gasteiger partial charge is 0.241 e. The maximum Gasteiger partial charge on any atom is 0.241 e. The van der Waals surface area contributed by atoms with Crippen molar-refractivity contribution in [3.63, 3.8) is 0 Å². The van der Waals surface area contributed by atoms with Crippen LogP contribution in [0.2, 0.25) is 0 Å². The molecule has 0 saturated carbocycles. The Kier molecular flexibility index (Phi) is 4.34. The summed E-state index contributed by atoms with van der Waals surface area (Å²) < 4.78 is 27.5. The van der Waals surface area contributed by atoms with E-state index in [1.54, 1.807) is 13.0 Å². The predicted octanol–water partition coefficient (Wildman–Crippen LogP) is 2.67. The summed E-state index contributed by atoms with van der Waals surface area (Å²) in [4.78, 5) is 0.243. The van der Waals surface area contributed by atoms with Crippen molar-refractivity contribution in [3.05, 3.63) is 58.7 Å². The fourth-order valence-electron chi connectivity index (χ4n) is 2.10. The molecule has 2 aromatic carbocycles. The Morgan fingerprint density at radius 3 is 2.29 bits per heavy atom. The minimum Gasteiger partial charge on any atom is -0.399 e. The average molecular weight is 304 g/mol. The van der Waals surface area contributed by atoms with Gasteiger partial charge in [-0.3, -0.25) is 0 Å². The van der Waals surface area contributed by atoms with E-state index in [0.29, 0.717) is 5.69 Å². The number of hydrogen-bond acceptors (Lipinski definition) is 3. The summed E-state index contributed by atoms with van der Waals surface area (Å²) in [5, 5.41) is 0. The molecule has 0 radical (unpaired) electrons. The molecule has 0 saturated heterocycles. The van der Waals surface area contributed by atoms with Crippen LogP contribution in [-0.2, 0) is 16.6 Å². The van der Waals surface area contributed by atoms with Crippen molar-refractivity contribution in [2.45, 2.75) is 32.2 Å². The Bertz CT molecular complexity index is 751. The van der Waals surface area contributed by atoms with Gasteiger partial charge in [-0.25, -0.2) is 13.1 Å². The number of nitrogens with two attached hydrogens (primary N) is 1. The predicted molar refractivity (Wildman–Crippen MR) is 85.5 cm³/mol. The summed E-state index contributed by atoms with van der Waals surface area (Å²) in [5.74, 6) is 0. The third-order valence-electron chi connectivity index (χ3n) is 3.52. The lowest BCUT2D eigenvalue weighted by atomic mass is 10.1. The zero-order valence-electron chi connectivity index (χ0n) is 12.5. The fraction of sp³-hybridized carbons (Fsp3) is 0.250. The molecule has 21 heavy (non-hydrogen) atoms. The van der Waals surface area contributed by atoms with Gasteiger partial charge in [-0.05, 0) is 49.6 Å². The van der Waals surface area contributed by atoms with Crippen LogP contribution < -0.4 is 10.5 Å². The maximum absolute atomic E-state index is 12.4. The van der Waals surface area contributed by atoms with Crippen molar-refractivity contribution in [2.75, 3.05) is 5.73 Å². The van der Waals surface area contributed by atoms with Crippen LogP contribution in [0.25, 0.3) is 0 Å². The highest BCUT2D eigenvalue weighted by Gasteiger charge is 2.18. The standard InChI is InChI=1S/C16H20N2O2S/c1-11-4-6-14(7-5-11)10-18-21(19,20)16-9-15(17)8-12(2)13(16)3/h4-9,18H,10,17H2,1-3H3. The molecular weight excluding hydrogens is 284 g/mol. The summed E-state index contributed by atoms with van der Waals surface area (Å²) in [6, 6.07) is 11.0. The normalized spacial score (nSPS) is 11.6. The number of benzene rings is 2. The van der Waals surface area contributed by atoms with Crippen LogP contribution in [-0.4, -0.2) is 8.42 Å². The molecule has 0 spiro atoms. The molecule has 0 bridgehead atoms. The SMILES string of the molecule is Cc1ccc(CNS(=O)(=O)c2cc(N)cc(C)c2C)cc1. The first kappa shape index (κ1) is 15.5. The molecule has 4 nitrogen and oxygen atoms in total. The second kappa shape index (κ2) is 5.87. The molecule has 2 aromatic rings. The lowest BCUT2D eigenvalue weighted by molar-refractivity contribution is 0.580. The molecule has 0 heterocycles. The van der Waals surface area contributed by atoms with Gasteiger partial charge in [0.25, 0.3) is 0 Å². The van der Waals surface area contributed by atoms with Crippen LogP contribution in [0.3, 0.4) is 0 Å². The van der Waals surface area contributed by atoms with Crippen LogP contribution in [0, 0.1) is 20.8 Å². The molecule has 0 atom stereocenters. The Hall–Kier alpha value is -1.85. The summed E-state index contributed by atoms with van der Waals surface area (Å²) in [6.07, 6.45) is 0. The number of rotatable bonds is 4. The number of nitrogens with one attached hydrogen (secondary N) is 1. The van der Waals surface area contributed by atoms with Gasteiger partial charge in [0, 0.05) is 12.2 Å². The van der Waals surface area contributed by atoms with Crippen molar-refractivity contribution in [1.82, 2.24) is 4.72 Å². The number of aryl methyl sites for hydroxylation is 2. The molecule has 2 rings (SSSR count). The molecular formula is C16H20N2O2S. The third kappa shape index (κ3) is 3.62. The van der Waals surface area contributed by atoms with E-state index in [-0.39, 0.29) is 11.4 Å². The van der Waals surface area contributed by atoms with Gasteiger partial charge in [-0.2, -0.15) is 0 Å². The second-order valence-electron chi connectivity index (χ2n) is 5.27. The molecule has 0 amide bonds. The van der Waals surface area contributed by atoms with Gasteiger partial charge in [0.2, 0.25) is 10.0 Å². The number of nitrogen functional groups attached to an aromatic ring is 1. The van der Waals surface area contributed by atoms with E-state index in [0.717, 1.165) is 22.3 Å². The van der Waals surface area contributed by atoms with Crippen molar-refractivity contribution in [2.24, 2.45) is 0 Å². The van der Waals surface area contributed by atoms with Crippen molar-refractivity contribution in [3.8, 4) is 0 Å². The van der Waals surface area contributed by atoms with Gasteiger partial charge in [-0.15, -0.1) is 0 Å². The monoisotopic (exact) mass is 304 g/mol. The third-order valence-corrected chi connectivity index (χ3v) is 5.05. The molecule has 0 aliphatic rings. The first-order chi connectivity index (χ1) is 9.79. The van der Waals surface area contributed by atoms with E-state index < -0.39 is 10.0 Å². The van der Waals surface area contributed by atoms with E-state index in [2.05, 4.69) is 4.72 Å². The van der Waals surface area contributed by atoms with Crippen molar-refractivity contribution >= 4 is 15.7 Å². The Balaban J connectivity index is 2.25. The van der Waals surface area contributed by atoms with Crippen LogP contribution >= 0.6 is 0 Å². The Labute approximate surface area is 126 Å². The van der Waals surface area contributed by atoms with Crippen LogP contribution in [0.5, 0.6) is 0 Å². The van der Waals surface area contributed by atoms with Gasteiger partial charge >= 0.3 is 0 Å². The highest BCUT2D eigenvalue weighted by Crippen LogP contribution is 2.22. The van der Waals surface area contributed by atoms with Crippen molar-refractivity contribution < 1.29 is 8.42 Å². The fourth-order valence-corrected chi connectivity index (χ4v) is 3.46. The van der Waals surface area contributed by atoms with Gasteiger partial charge in [0.15, 0.2) is 0 Å². The Morgan fingerprint density at radius 2 is 1.67 bits per heavy atom. The summed E-state index contributed by atoms with van der Waals surface area (Å²) in [6.45, 7) is 5.89. The van der Waals surface area contributed by atoms with Crippen LogP contribution in [0.1, 0.15) is 22.3 Å². The average Bonchev–Trinajstić information content (AvgIpc) is 2.42. The Morgan fingerprint density at radius 1 is 1.05 bits per heavy atom. The molecule has 3 N–H and O–H groups in total. The molecule has 5 heteroatoms. The van der Waals surface area contributed by atoms with Crippen molar-refractivity contribution in [1.29, 1.82) is 0 Å². The van der Waals surface area contributed by atoms with Crippen LogP contribution in [0.15, 0.2) is 41.3 Å². The second-order valence-corrected chi connectivity index (χ2v) is 7.01.